The first-order valence-electron chi connectivity index (χ1n) is 11.2. The predicted molar refractivity (Wildman–Crippen MR) is 126 cm³/mol. The minimum atomic E-state index is -0.273. The van der Waals surface area contributed by atoms with Gasteiger partial charge in [0.1, 0.15) is 0 Å². The molecule has 2 aromatic carbocycles. The van der Waals surface area contributed by atoms with Gasteiger partial charge in [-0.25, -0.2) is 0 Å². The maximum absolute atomic E-state index is 13.0. The lowest BCUT2D eigenvalue weighted by Crippen LogP contribution is -2.36. The van der Waals surface area contributed by atoms with Gasteiger partial charge in [0.15, 0.2) is 23.1 Å². The van der Waals surface area contributed by atoms with Gasteiger partial charge in [0.05, 0.1) is 0 Å². The molecule has 2 atom stereocenters. The average molecular weight is 431 g/mol. The Morgan fingerprint density at radius 3 is 2.69 bits per heavy atom. The van der Waals surface area contributed by atoms with Crippen LogP contribution in [0.25, 0.3) is 6.08 Å². The van der Waals surface area contributed by atoms with Crippen LogP contribution in [-0.2, 0) is 10.2 Å². The van der Waals surface area contributed by atoms with Crippen molar-refractivity contribution in [3.63, 3.8) is 0 Å². The maximum Gasteiger partial charge on any atom is 0.231 e. The highest BCUT2D eigenvalue weighted by atomic mass is 16.7. The van der Waals surface area contributed by atoms with Gasteiger partial charge in [-0.2, -0.15) is 0 Å². The summed E-state index contributed by atoms with van der Waals surface area (Å²) in [5.41, 5.74) is 5.28. The van der Waals surface area contributed by atoms with Gasteiger partial charge in [-0.1, -0.05) is 49.8 Å². The van der Waals surface area contributed by atoms with E-state index in [9.17, 15) is 9.59 Å². The Hall–Kier alpha value is -3.14. The second-order valence-corrected chi connectivity index (χ2v) is 9.16. The third-order valence-corrected chi connectivity index (χ3v) is 7.31. The van der Waals surface area contributed by atoms with Gasteiger partial charge in [-0.05, 0) is 68.0 Å². The average Bonchev–Trinajstić information content (AvgIpc) is 3.26. The van der Waals surface area contributed by atoms with Gasteiger partial charge in [-0.15, -0.1) is 0 Å². The van der Waals surface area contributed by atoms with Crippen molar-refractivity contribution in [3.8, 4) is 11.5 Å². The lowest BCUT2D eigenvalue weighted by Gasteiger charge is -2.41. The molecule has 0 radical (unpaired) electrons. The topological polar surface area (TPSA) is 52.6 Å². The van der Waals surface area contributed by atoms with Crippen LogP contribution in [0, 0.1) is 12.8 Å². The number of hydrogen-bond acceptors (Lipinski definition) is 4. The Balaban J connectivity index is 1.52. The summed E-state index contributed by atoms with van der Waals surface area (Å²) in [7, 11) is 0. The minimum absolute atomic E-state index is 0.0644. The monoisotopic (exact) mass is 430 g/mol. The molecule has 4 nitrogen and oxygen atoms in total. The summed E-state index contributed by atoms with van der Waals surface area (Å²) in [6, 6.07) is 11.7. The molecule has 0 N–H and O–H groups in total. The number of carbonyl (C=O) groups is 2. The second kappa shape index (κ2) is 8.42. The summed E-state index contributed by atoms with van der Waals surface area (Å²) in [5.74, 6) is 1.82. The van der Waals surface area contributed by atoms with Crippen LogP contribution in [0.1, 0.15) is 67.6 Å². The molecule has 0 saturated heterocycles. The number of hydrogen-bond donors (Lipinski definition) is 0. The summed E-state index contributed by atoms with van der Waals surface area (Å²) < 4.78 is 11.1. The number of ether oxygens (including phenoxy) is 2. The Labute approximate surface area is 189 Å². The molecule has 0 bridgehead atoms. The smallest absolute Gasteiger partial charge is 0.231 e. The van der Waals surface area contributed by atoms with Crippen LogP contribution < -0.4 is 9.47 Å². The number of fused-ring (bicyclic) bond motifs is 2. The summed E-state index contributed by atoms with van der Waals surface area (Å²) in [4.78, 5) is 25.5. The molecule has 4 rings (SSSR count). The first-order valence-corrected chi connectivity index (χ1v) is 11.2. The molecule has 0 saturated carbocycles. The summed E-state index contributed by atoms with van der Waals surface area (Å²) in [5, 5.41) is 0. The van der Waals surface area contributed by atoms with Gasteiger partial charge in [0.25, 0.3) is 0 Å². The highest BCUT2D eigenvalue weighted by Gasteiger charge is 2.40. The van der Waals surface area contributed by atoms with Crippen molar-refractivity contribution >= 4 is 17.6 Å². The number of aryl methyl sites for hydroxylation is 1. The lowest BCUT2D eigenvalue weighted by molar-refractivity contribution is -0.115. The Kier molecular flexibility index (Phi) is 5.81. The molecule has 0 fully saturated rings. The number of benzene rings is 2. The zero-order valence-electron chi connectivity index (χ0n) is 19.5. The number of carbonyl (C=O) groups excluding carboxylic acids is 2. The third-order valence-electron chi connectivity index (χ3n) is 7.31. The lowest BCUT2D eigenvalue weighted by atomic mass is 9.62. The number of allylic oxidation sites excluding steroid dienone is 3. The van der Waals surface area contributed by atoms with Gasteiger partial charge in [0.2, 0.25) is 6.79 Å². The summed E-state index contributed by atoms with van der Waals surface area (Å²) >= 11 is 0. The minimum Gasteiger partial charge on any atom is -0.454 e. The number of ketones is 2. The predicted octanol–water partition coefficient (Wildman–Crippen LogP) is 6.21. The summed E-state index contributed by atoms with van der Waals surface area (Å²) in [6.45, 7) is 10.5. The maximum atomic E-state index is 13.0. The SMILES string of the molecule is CC1=CC(=O)c2ccccc2[C@@]1(C)[C@H](C)CCC(=O)/C(C)=C/c1c(C)ccc2c1OCO2. The number of Topliss-reactive ketones (excluding diaryl/α,β-unsaturated/α-hetero) is 1. The first kappa shape index (κ1) is 22.1. The van der Waals surface area contributed by atoms with E-state index in [1.165, 1.54) is 0 Å². The molecule has 166 valence electrons. The molecule has 4 heteroatoms. The van der Waals surface area contributed by atoms with E-state index >= 15 is 0 Å². The van der Waals surface area contributed by atoms with E-state index in [1.807, 2.05) is 63.2 Å². The van der Waals surface area contributed by atoms with E-state index in [0.717, 1.165) is 40.0 Å². The molecule has 0 amide bonds. The Bertz CT molecular complexity index is 1150. The third kappa shape index (κ3) is 3.68. The van der Waals surface area contributed by atoms with E-state index in [2.05, 4.69) is 13.8 Å². The summed E-state index contributed by atoms with van der Waals surface area (Å²) in [6.07, 6.45) is 4.86. The highest BCUT2D eigenvalue weighted by Crippen LogP contribution is 2.45. The van der Waals surface area contributed by atoms with Crippen LogP contribution in [-0.4, -0.2) is 18.4 Å². The normalized spacial score (nSPS) is 20.6. The fourth-order valence-corrected chi connectivity index (χ4v) is 4.84. The molecule has 2 aromatic rings. The van der Waals surface area contributed by atoms with Crippen molar-refractivity contribution in [1.82, 2.24) is 0 Å². The molecule has 1 aliphatic heterocycles. The fraction of sp³-hybridized carbons (Fsp3) is 0.357. The van der Waals surface area contributed by atoms with E-state index in [-0.39, 0.29) is 29.7 Å². The zero-order valence-corrected chi connectivity index (χ0v) is 19.5. The van der Waals surface area contributed by atoms with E-state index in [1.54, 1.807) is 6.08 Å². The molecule has 0 spiro atoms. The van der Waals surface area contributed by atoms with E-state index in [0.29, 0.717) is 17.7 Å². The van der Waals surface area contributed by atoms with Crippen molar-refractivity contribution in [2.45, 2.75) is 52.9 Å². The highest BCUT2D eigenvalue weighted by molar-refractivity contribution is 6.08. The van der Waals surface area contributed by atoms with E-state index in [4.69, 9.17) is 9.47 Å². The van der Waals surface area contributed by atoms with Gasteiger partial charge in [-0.3, -0.25) is 9.59 Å². The molecule has 2 aliphatic rings. The Morgan fingerprint density at radius 2 is 1.91 bits per heavy atom. The Morgan fingerprint density at radius 1 is 1.16 bits per heavy atom. The van der Waals surface area contributed by atoms with Gasteiger partial charge >= 0.3 is 0 Å². The molecule has 32 heavy (non-hydrogen) atoms. The molecular weight excluding hydrogens is 400 g/mol. The van der Waals surface area contributed by atoms with Crippen LogP contribution in [0.15, 0.2) is 53.6 Å². The standard InChI is InChI=1S/C28H30O4/c1-17-10-13-26-27(32-16-31-26)22(17)14-18(2)24(29)12-11-19(3)28(5)20(4)15-25(30)21-8-6-7-9-23(21)28/h6-10,13-15,19H,11-12,16H2,1-5H3/b18-14+/t19-,28+/m1/s1. The largest absolute Gasteiger partial charge is 0.454 e. The van der Waals surface area contributed by atoms with Crippen LogP contribution in [0.3, 0.4) is 0 Å². The molecular formula is C28H30O4. The van der Waals surface area contributed by atoms with Crippen molar-refractivity contribution in [2.24, 2.45) is 5.92 Å². The van der Waals surface area contributed by atoms with Crippen molar-refractivity contribution in [1.29, 1.82) is 0 Å². The first-order chi connectivity index (χ1) is 15.2. The van der Waals surface area contributed by atoms with Crippen LogP contribution >= 0.6 is 0 Å². The van der Waals surface area contributed by atoms with Gasteiger partial charge < -0.3 is 9.47 Å². The van der Waals surface area contributed by atoms with Crippen molar-refractivity contribution in [2.75, 3.05) is 6.79 Å². The molecule has 1 aliphatic carbocycles. The second-order valence-electron chi connectivity index (χ2n) is 9.16. The van der Waals surface area contributed by atoms with Crippen molar-refractivity contribution in [3.05, 3.63) is 75.9 Å². The fourth-order valence-electron chi connectivity index (χ4n) is 4.84. The van der Waals surface area contributed by atoms with Crippen molar-refractivity contribution < 1.29 is 19.1 Å². The van der Waals surface area contributed by atoms with Crippen LogP contribution in [0.2, 0.25) is 0 Å². The van der Waals surface area contributed by atoms with Crippen LogP contribution in [0.5, 0.6) is 11.5 Å². The quantitative estimate of drug-likeness (QED) is 0.511. The van der Waals surface area contributed by atoms with E-state index < -0.39 is 0 Å². The molecule has 0 unspecified atom stereocenters. The number of rotatable bonds is 6. The molecule has 0 aromatic heterocycles. The zero-order chi connectivity index (χ0) is 23.0. The molecule has 1 heterocycles. The van der Waals surface area contributed by atoms with Gasteiger partial charge in [0, 0.05) is 23.0 Å². The van der Waals surface area contributed by atoms with Crippen LogP contribution in [0.4, 0.5) is 0 Å².